The summed E-state index contributed by atoms with van der Waals surface area (Å²) in [7, 11) is 0. The van der Waals surface area contributed by atoms with Crippen molar-refractivity contribution in [1.82, 2.24) is 0 Å². The van der Waals surface area contributed by atoms with Crippen LogP contribution in [0.25, 0.3) is 0 Å². The molecule has 1 aliphatic heterocycles. The van der Waals surface area contributed by atoms with Gasteiger partial charge in [-0.3, -0.25) is 0 Å². The summed E-state index contributed by atoms with van der Waals surface area (Å²) in [6.07, 6.45) is 0.442. The standard InChI is InChI=1S/C14H16FNO/c1-9-11(15)8-12-14(9)17-13(16-12)7-10-5-3-2-4-6-10/h2-6,9,11-12,14H,7-8H2,1H3/t9-,11+,12-,14+/m0/s1. The summed E-state index contributed by atoms with van der Waals surface area (Å²) in [6, 6.07) is 10.2. The number of benzene rings is 1. The number of fused-ring (bicyclic) bond motifs is 1. The largest absolute Gasteiger partial charge is 0.475 e. The quantitative estimate of drug-likeness (QED) is 0.769. The molecule has 0 unspecified atom stereocenters. The Morgan fingerprint density at radius 2 is 2.12 bits per heavy atom. The predicted molar refractivity (Wildman–Crippen MR) is 64.9 cm³/mol. The van der Waals surface area contributed by atoms with E-state index in [2.05, 4.69) is 17.1 Å². The first-order valence-electron chi connectivity index (χ1n) is 6.15. The molecule has 0 N–H and O–H groups in total. The second-order valence-electron chi connectivity index (χ2n) is 4.95. The van der Waals surface area contributed by atoms with Crippen LogP contribution in [0, 0.1) is 5.92 Å². The average molecular weight is 233 g/mol. The van der Waals surface area contributed by atoms with Crippen LogP contribution in [-0.4, -0.2) is 24.2 Å². The first-order valence-corrected chi connectivity index (χ1v) is 6.15. The van der Waals surface area contributed by atoms with Crippen LogP contribution in [0.15, 0.2) is 35.3 Å². The fourth-order valence-electron chi connectivity index (χ4n) is 2.68. The molecule has 17 heavy (non-hydrogen) atoms. The van der Waals surface area contributed by atoms with Crippen molar-refractivity contribution in [2.45, 2.75) is 38.1 Å². The summed E-state index contributed by atoms with van der Waals surface area (Å²) in [6.45, 7) is 1.91. The van der Waals surface area contributed by atoms with Crippen LogP contribution in [0.1, 0.15) is 18.9 Å². The monoisotopic (exact) mass is 233 g/mol. The Bertz CT molecular complexity index is 431. The van der Waals surface area contributed by atoms with Crippen LogP contribution < -0.4 is 0 Å². The van der Waals surface area contributed by atoms with Crippen molar-refractivity contribution in [1.29, 1.82) is 0 Å². The van der Waals surface area contributed by atoms with Gasteiger partial charge in [-0.25, -0.2) is 9.38 Å². The molecule has 2 aliphatic rings. The third kappa shape index (κ3) is 1.94. The molecule has 2 nitrogen and oxygen atoms in total. The molecule has 3 rings (SSSR count). The molecule has 0 saturated heterocycles. The van der Waals surface area contributed by atoms with E-state index in [0.717, 1.165) is 12.3 Å². The molecule has 1 aliphatic carbocycles. The van der Waals surface area contributed by atoms with Crippen molar-refractivity contribution >= 4 is 5.90 Å². The highest BCUT2D eigenvalue weighted by atomic mass is 19.1. The minimum atomic E-state index is -0.757. The van der Waals surface area contributed by atoms with E-state index >= 15 is 0 Å². The lowest BCUT2D eigenvalue weighted by atomic mass is 10.1. The van der Waals surface area contributed by atoms with E-state index in [4.69, 9.17) is 4.74 Å². The van der Waals surface area contributed by atoms with E-state index in [0.29, 0.717) is 6.42 Å². The van der Waals surface area contributed by atoms with Gasteiger partial charge in [0.15, 0.2) is 5.90 Å². The first-order chi connectivity index (χ1) is 8.24. The van der Waals surface area contributed by atoms with Crippen LogP contribution in [0.4, 0.5) is 4.39 Å². The molecule has 4 atom stereocenters. The third-order valence-electron chi connectivity index (χ3n) is 3.71. The number of nitrogens with zero attached hydrogens (tertiary/aromatic N) is 1. The Hall–Kier alpha value is -1.38. The Kier molecular flexibility index (Phi) is 2.61. The Morgan fingerprint density at radius 1 is 1.35 bits per heavy atom. The number of alkyl halides is 1. The molecule has 90 valence electrons. The molecule has 1 aromatic carbocycles. The molecule has 1 heterocycles. The number of halogens is 1. The topological polar surface area (TPSA) is 21.6 Å². The SMILES string of the molecule is C[C@@H]1[C@H]2OC(Cc3ccccc3)=N[C@H]2C[C@H]1F. The second-order valence-corrected chi connectivity index (χ2v) is 4.95. The summed E-state index contributed by atoms with van der Waals surface area (Å²) in [5.41, 5.74) is 1.19. The van der Waals surface area contributed by atoms with Crippen molar-refractivity contribution in [3.63, 3.8) is 0 Å². The number of hydrogen-bond acceptors (Lipinski definition) is 2. The van der Waals surface area contributed by atoms with Crippen molar-refractivity contribution in [3.05, 3.63) is 35.9 Å². The highest BCUT2D eigenvalue weighted by Gasteiger charge is 2.46. The van der Waals surface area contributed by atoms with E-state index in [9.17, 15) is 4.39 Å². The first kappa shape index (κ1) is 10.8. The van der Waals surface area contributed by atoms with Crippen LogP contribution in [0.3, 0.4) is 0 Å². The van der Waals surface area contributed by atoms with Gasteiger partial charge in [-0.05, 0) is 5.56 Å². The summed E-state index contributed by atoms with van der Waals surface area (Å²) in [5, 5.41) is 0. The van der Waals surface area contributed by atoms with E-state index in [1.807, 2.05) is 25.1 Å². The molecule has 1 aromatic rings. The molecule has 0 radical (unpaired) electrons. The summed E-state index contributed by atoms with van der Waals surface area (Å²) < 4.78 is 19.2. The molecule has 3 heteroatoms. The molecule has 0 aromatic heterocycles. The van der Waals surface area contributed by atoms with Crippen LogP contribution in [0.2, 0.25) is 0 Å². The van der Waals surface area contributed by atoms with E-state index in [-0.39, 0.29) is 18.1 Å². The number of rotatable bonds is 2. The van der Waals surface area contributed by atoms with E-state index in [1.165, 1.54) is 5.56 Å². The van der Waals surface area contributed by atoms with Gasteiger partial charge in [0.1, 0.15) is 12.3 Å². The number of hydrogen-bond donors (Lipinski definition) is 0. The Balaban J connectivity index is 1.70. The fourth-order valence-corrected chi connectivity index (χ4v) is 2.68. The van der Waals surface area contributed by atoms with Gasteiger partial charge in [0.25, 0.3) is 0 Å². The van der Waals surface area contributed by atoms with Gasteiger partial charge in [0.05, 0.1) is 6.04 Å². The highest BCUT2D eigenvalue weighted by Crippen LogP contribution is 2.37. The summed E-state index contributed by atoms with van der Waals surface area (Å²) >= 11 is 0. The van der Waals surface area contributed by atoms with Gasteiger partial charge in [0, 0.05) is 18.8 Å². The smallest absolute Gasteiger partial charge is 0.188 e. The molecule has 0 spiro atoms. The average Bonchev–Trinajstić information content (AvgIpc) is 2.82. The second kappa shape index (κ2) is 4.13. The van der Waals surface area contributed by atoms with Crippen LogP contribution in [0.5, 0.6) is 0 Å². The van der Waals surface area contributed by atoms with Gasteiger partial charge in [-0.2, -0.15) is 0 Å². The number of aliphatic imine (C=N–C) groups is 1. The van der Waals surface area contributed by atoms with Crippen molar-refractivity contribution in [2.24, 2.45) is 10.9 Å². The Labute approximate surface area is 101 Å². The van der Waals surface area contributed by atoms with Gasteiger partial charge < -0.3 is 4.74 Å². The zero-order valence-electron chi connectivity index (χ0n) is 9.84. The van der Waals surface area contributed by atoms with Crippen LogP contribution >= 0.6 is 0 Å². The minimum Gasteiger partial charge on any atom is -0.475 e. The maximum atomic E-state index is 13.4. The fraction of sp³-hybridized carbons (Fsp3) is 0.500. The molecule has 0 bridgehead atoms. The van der Waals surface area contributed by atoms with E-state index < -0.39 is 6.17 Å². The number of ether oxygens (including phenoxy) is 1. The zero-order valence-corrected chi connectivity index (χ0v) is 9.84. The lowest BCUT2D eigenvalue weighted by molar-refractivity contribution is 0.134. The molecule has 1 fully saturated rings. The van der Waals surface area contributed by atoms with Gasteiger partial charge >= 0.3 is 0 Å². The summed E-state index contributed by atoms with van der Waals surface area (Å²) in [5.74, 6) is 0.738. The summed E-state index contributed by atoms with van der Waals surface area (Å²) in [4.78, 5) is 4.50. The van der Waals surface area contributed by atoms with Gasteiger partial charge in [-0.15, -0.1) is 0 Å². The Morgan fingerprint density at radius 3 is 2.82 bits per heavy atom. The predicted octanol–water partition coefficient (Wildman–Crippen LogP) is 2.77. The lowest BCUT2D eigenvalue weighted by Crippen LogP contribution is -2.24. The maximum Gasteiger partial charge on any atom is 0.188 e. The highest BCUT2D eigenvalue weighted by molar-refractivity contribution is 5.80. The van der Waals surface area contributed by atoms with Gasteiger partial charge in [0.2, 0.25) is 0 Å². The van der Waals surface area contributed by atoms with E-state index in [1.54, 1.807) is 0 Å². The van der Waals surface area contributed by atoms with Crippen molar-refractivity contribution in [2.75, 3.05) is 0 Å². The molecular weight excluding hydrogens is 217 g/mol. The lowest BCUT2D eigenvalue weighted by Gasteiger charge is -2.15. The molecule has 0 amide bonds. The van der Waals surface area contributed by atoms with Crippen molar-refractivity contribution < 1.29 is 9.13 Å². The van der Waals surface area contributed by atoms with Gasteiger partial charge in [-0.1, -0.05) is 37.3 Å². The molecular formula is C14H16FNO. The third-order valence-corrected chi connectivity index (χ3v) is 3.71. The zero-order chi connectivity index (χ0) is 11.8. The van der Waals surface area contributed by atoms with Crippen LogP contribution in [-0.2, 0) is 11.2 Å². The maximum absolute atomic E-state index is 13.4. The minimum absolute atomic E-state index is 0.0305. The van der Waals surface area contributed by atoms with Crippen molar-refractivity contribution in [3.8, 4) is 0 Å². The normalized spacial score (nSPS) is 35.3. The molecule has 1 saturated carbocycles.